The van der Waals surface area contributed by atoms with Crippen LogP contribution in [0.2, 0.25) is 0 Å². The lowest BCUT2D eigenvalue weighted by Crippen LogP contribution is -2.38. The van der Waals surface area contributed by atoms with Gasteiger partial charge in [0, 0.05) is 28.2 Å². The Bertz CT molecular complexity index is 1470. The fraction of sp³-hybridized carbons (Fsp3) is 0.185. The molecule has 190 valence electrons. The van der Waals surface area contributed by atoms with E-state index in [1.54, 1.807) is 81.4 Å². The Labute approximate surface area is 213 Å². The molecule has 0 radical (unpaired) electrons. The number of carbonyl (C=O) groups is 4. The summed E-state index contributed by atoms with van der Waals surface area (Å²) in [6.45, 7) is 3.23. The van der Waals surface area contributed by atoms with Crippen molar-refractivity contribution in [1.29, 1.82) is 0 Å². The molecule has 0 bridgehead atoms. The van der Waals surface area contributed by atoms with E-state index in [1.807, 2.05) is 6.07 Å². The van der Waals surface area contributed by atoms with Gasteiger partial charge in [-0.05, 0) is 63.8 Å². The molecule has 1 aliphatic heterocycles. The van der Waals surface area contributed by atoms with Gasteiger partial charge in [-0.3, -0.25) is 19.3 Å². The summed E-state index contributed by atoms with van der Waals surface area (Å²) in [6.07, 6.45) is 0.593. The molecule has 0 saturated carbocycles. The van der Waals surface area contributed by atoms with Gasteiger partial charge >= 0.3 is 5.97 Å². The number of benzene rings is 2. The second kappa shape index (κ2) is 9.75. The van der Waals surface area contributed by atoms with Crippen LogP contribution in [0.1, 0.15) is 49.4 Å². The first kappa shape index (κ1) is 25.4. The van der Waals surface area contributed by atoms with Crippen molar-refractivity contribution in [3.05, 3.63) is 82.2 Å². The summed E-state index contributed by atoms with van der Waals surface area (Å²) in [5.41, 5.74) is 9.18. The van der Waals surface area contributed by atoms with Gasteiger partial charge in [0.25, 0.3) is 17.7 Å². The minimum Gasteiger partial charge on any atom is -0.478 e. The van der Waals surface area contributed by atoms with E-state index < -0.39 is 23.9 Å². The second-order valence-electron chi connectivity index (χ2n) is 8.98. The van der Waals surface area contributed by atoms with Crippen LogP contribution < -0.4 is 16.4 Å². The number of hydrogen-bond acceptors (Lipinski definition) is 5. The lowest BCUT2D eigenvalue weighted by atomic mass is 10.0. The number of nitrogens with two attached hydrogens (primary N) is 1. The number of amides is 3. The van der Waals surface area contributed by atoms with Crippen molar-refractivity contribution in [2.45, 2.75) is 20.0 Å². The predicted octanol–water partition coefficient (Wildman–Crippen LogP) is 3.09. The van der Waals surface area contributed by atoms with Crippen LogP contribution in [0.25, 0.3) is 11.6 Å². The van der Waals surface area contributed by atoms with Crippen LogP contribution in [0, 0.1) is 13.8 Å². The topological polar surface area (TPSA) is 147 Å². The first-order valence-electron chi connectivity index (χ1n) is 11.5. The molecular formula is C27H27N5O5. The van der Waals surface area contributed by atoms with E-state index in [0.29, 0.717) is 39.5 Å². The third-order valence-corrected chi connectivity index (χ3v) is 6.32. The van der Waals surface area contributed by atoms with Gasteiger partial charge in [0.15, 0.2) is 6.17 Å². The van der Waals surface area contributed by atoms with Crippen molar-refractivity contribution >= 4 is 46.7 Å². The molecule has 3 amide bonds. The molecule has 0 saturated heterocycles. The summed E-state index contributed by atoms with van der Waals surface area (Å²) in [6, 6.07) is 13.8. The van der Waals surface area contributed by atoms with E-state index in [4.69, 9.17) is 5.73 Å². The zero-order chi connectivity index (χ0) is 27.0. The number of fused-ring (bicyclic) bond motifs is 1. The molecule has 1 unspecified atom stereocenters. The minimum atomic E-state index is -1.15. The van der Waals surface area contributed by atoms with Crippen LogP contribution in [0.5, 0.6) is 0 Å². The minimum absolute atomic E-state index is 0.0394. The van der Waals surface area contributed by atoms with Crippen molar-refractivity contribution in [1.82, 2.24) is 9.47 Å². The molecule has 5 N–H and O–H groups in total. The summed E-state index contributed by atoms with van der Waals surface area (Å²) in [5.74, 6) is -2.50. The fourth-order valence-electron chi connectivity index (χ4n) is 4.65. The van der Waals surface area contributed by atoms with Crippen LogP contribution in [0.3, 0.4) is 0 Å². The van der Waals surface area contributed by atoms with Gasteiger partial charge in [0.05, 0.1) is 16.8 Å². The predicted molar refractivity (Wildman–Crippen MR) is 140 cm³/mol. The zero-order valence-corrected chi connectivity index (χ0v) is 20.8. The summed E-state index contributed by atoms with van der Waals surface area (Å²) in [5, 5.41) is 15.4. The van der Waals surface area contributed by atoms with E-state index in [-0.39, 0.29) is 17.0 Å². The quantitative estimate of drug-likeness (QED) is 0.366. The number of rotatable bonds is 7. The highest BCUT2D eigenvalue weighted by Crippen LogP contribution is 2.37. The van der Waals surface area contributed by atoms with Gasteiger partial charge in [-0.1, -0.05) is 24.3 Å². The van der Waals surface area contributed by atoms with Crippen molar-refractivity contribution in [2.75, 3.05) is 24.7 Å². The molecule has 4 rings (SSSR count). The fourth-order valence-corrected chi connectivity index (χ4v) is 4.65. The summed E-state index contributed by atoms with van der Waals surface area (Å²) < 4.78 is 1.54. The molecule has 3 aromatic rings. The zero-order valence-electron chi connectivity index (χ0n) is 20.8. The lowest BCUT2D eigenvalue weighted by molar-refractivity contribution is -0.125. The van der Waals surface area contributed by atoms with E-state index in [0.717, 1.165) is 0 Å². The Morgan fingerprint density at radius 2 is 1.78 bits per heavy atom. The van der Waals surface area contributed by atoms with Gasteiger partial charge in [0.1, 0.15) is 0 Å². The Balaban J connectivity index is 1.79. The highest BCUT2D eigenvalue weighted by atomic mass is 16.4. The molecule has 2 aromatic carbocycles. The maximum atomic E-state index is 13.0. The number of carboxylic acid groups (broad SMARTS) is 1. The number of primary amides is 1. The van der Waals surface area contributed by atoms with Gasteiger partial charge in [-0.15, -0.1) is 0 Å². The van der Waals surface area contributed by atoms with E-state index in [9.17, 15) is 24.3 Å². The second-order valence-corrected chi connectivity index (χ2v) is 8.98. The highest BCUT2D eigenvalue weighted by molar-refractivity contribution is 6.35. The van der Waals surface area contributed by atoms with Crippen molar-refractivity contribution < 1.29 is 24.3 Å². The number of aromatic nitrogens is 1. The van der Waals surface area contributed by atoms with Crippen LogP contribution >= 0.6 is 0 Å². The van der Waals surface area contributed by atoms with Crippen LogP contribution in [-0.2, 0) is 9.59 Å². The van der Waals surface area contributed by atoms with Crippen molar-refractivity contribution in [3.63, 3.8) is 0 Å². The number of hydrogen-bond donors (Lipinski definition) is 4. The Morgan fingerprint density at radius 3 is 2.38 bits per heavy atom. The van der Waals surface area contributed by atoms with E-state index in [2.05, 4.69) is 10.6 Å². The molecule has 37 heavy (non-hydrogen) atoms. The van der Waals surface area contributed by atoms with E-state index >= 15 is 0 Å². The third-order valence-electron chi connectivity index (χ3n) is 6.32. The highest BCUT2D eigenvalue weighted by Gasteiger charge is 2.32. The normalized spacial score (nSPS) is 14.4. The van der Waals surface area contributed by atoms with Crippen LogP contribution in [-0.4, -0.2) is 52.4 Å². The maximum Gasteiger partial charge on any atom is 0.337 e. The molecule has 10 heteroatoms. The lowest BCUT2D eigenvalue weighted by Gasteiger charge is -2.26. The monoisotopic (exact) mass is 501 g/mol. The number of nitrogens with zero attached hydrogens (tertiary/aromatic N) is 2. The molecule has 1 aliphatic rings. The summed E-state index contributed by atoms with van der Waals surface area (Å²) >= 11 is 0. The Morgan fingerprint density at radius 1 is 1.11 bits per heavy atom. The summed E-state index contributed by atoms with van der Waals surface area (Å²) in [4.78, 5) is 51.4. The average Bonchev–Trinajstić information content (AvgIpc) is 3.26. The Hall–Kier alpha value is -4.70. The number of likely N-dealkylation sites (N-methyl/N-ethyl adjacent to an activating group) is 1. The largest absolute Gasteiger partial charge is 0.478 e. The standard InChI is InChI=1S/C27H27N5O5/c1-14-21(32(15(2)22(14)27(36)37)26(23(28)33)31(3)4)13-19-18-11-10-17(12-20(18)30-25(19)35)29-24(34)16-8-6-5-7-9-16/h5-13,26H,1-4H3,(H2,28,33)(H,29,34)(H,30,35)(H,36,37). The molecule has 0 fully saturated rings. The number of carbonyl (C=O) groups excluding carboxylic acids is 3. The molecule has 0 spiro atoms. The average molecular weight is 502 g/mol. The third kappa shape index (κ3) is 4.62. The Kier molecular flexibility index (Phi) is 6.69. The SMILES string of the molecule is Cc1c(C(=O)O)c(C)n(C(C(N)=O)N(C)C)c1C=C1C(=O)Nc2cc(NC(=O)c3ccccc3)ccc21. The number of nitrogens with one attached hydrogen (secondary N) is 2. The molecule has 10 nitrogen and oxygen atoms in total. The first-order valence-corrected chi connectivity index (χ1v) is 11.5. The first-order chi connectivity index (χ1) is 17.5. The summed E-state index contributed by atoms with van der Waals surface area (Å²) in [7, 11) is 3.31. The smallest absolute Gasteiger partial charge is 0.337 e. The van der Waals surface area contributed by atoms with Gasteiger partial charge in [0.2, 0.25) is 0 Å². The molecular weight excluding hydrogens is 474 g/mol. The maximum absolute atomic E-state index is 13.0. The molecule has 1 aromatic heterocycles. The van der Waals surface area contributed by atoms with Gasteiger partial charge in [-0.2, -0.15) is 0 Å². The van der Waals surface area contributed by atoms with Gasteiger partial charge < -0.3 is 26.0 Å². The number of aromatic carboxylic acids is 1. The molecule has 1 atom stereocenters. The van der Waals surface area contributed by atoms with Crippen molar-refractivity contribution in [3.8, 4) is 0 Å². The number of anilines is 2. The van der Waals surface area contributed by atoms with Gasteiger partial charge in [-0.25, -0.2) is 4.79 Å². The number of carboxylic acids is 1. The van der Waals surface area contributed by atoms with Crippen LogP contribution in [0.4, 0.5) is 11.4 Å². The van der Waals surface area contributed by atoms with Crippen molar-refractivity contribution in [2.24, 2.45) is 5.73 Å². The molecule has 0 aliphatic carbocycles. The molecule has 2 heterocycles. The van der Waals surface area contributed by atoms with E-state index in [1.165, 1.54) is 4.57 Å². The van der Waals surface area contributed by atoms with Crippen LogP contribution in [0.15, 0.2) is 48.5 Å².